The zero-order valence-electron chi connectivity index (χ0n) is 10.3. The van der Waals surface area contributed by atoms with Crippen molar-refractivity contribution >= 4 is 17.7 Å². The van der Waals surface area contributed by atoms with Crippen LogP contribution in [0.1, 0.15) is 6.42 Å². The highest BCUT2D eigenvalue weighted by atomic mass is 32.2. The number of hydrogen-bond acceptors (Lipinski definition) is 4. The molecule has 2 aliphatic heterocycles. The van der Waals surface area contributed by atoms with Gasteiger partial charge < -0.3 is 15.0 Å². The highest BCUT2D eigenvalue weighted by molar-refractivity contribution is 7.99. The molecule has 17 heavy (non-hydrogen) atoms. The van der Waals surface area contributed by atoms with Crippen LogP contribution in [0.2, 0.25) is 0 Å². The Bertz CT molecular complexity index is 301. The van der Waals surface area contributed by atoms with Crippen LogP contribution in [0.15, 0.2) is 11.6 Å². The molecule has 0 radical (unpaired) electrons. The Hall–Kier alpha value is -0.520. The summed E-state index contributed by atoms with van der Waals surface area (Å²) in [6.45, 7) is 3.20. The van der Waals surface area contributed by atoms with Gasteiger partial charge in [0.15, 0.2) is 0 Å². The van der Waals surface area contributed by atoms with Gasteiger partial charge in [0.25, 0.3) is 0 Å². The van der Waals surface area contributed by atoms with E-state index in [0.29, 0.717) is 6.61 Å². The van der Waals surface area contributed by atoms with Crippen molar-refractivity contribution in [1.29, 1.82) is 0 Å². The molecule has 1 amide bonds. The topological polar surface area (TPSA) is 41.6 Å². The maximum Gasteiger partial charge on any atom is 0.240 e. The second-order valence-electron chi connectivity index (χ2n) is 4.41. The fourth-order valence-electron chi connectivity index (χ4n) is 2.17. The summed E-state index contributed by atoms with van der Waals surface area (Å²) >= 11 is 1.86. The first-order chi connectivity index (χ1) is 8.31. The highest BCUT2D eigenvalue weighted by Gasteiger charge is 2.26. The Labute approximate surface area is 107 Å². The Morgan fingerprint density at radius 2 is 2.59 bits per heavy atom. The van der Waals surface area contributed by atoms with E-state index in [4.69, 9.17) is 4.74 Å². The monoisotopic (exact) mass is 256 g/mol. The van der Waals surface area contributed by atoms with Crippen LogP contribution in [0.25, 0.3) is 0 Å². The van der Waals surface area contributed by atoms with Crippen molar-refractivity contribution in [3.63, 3.8) is 0 Å². The molecule has 0 saturated carbocycles. The van der Waals surface area contributed by atoms with E-state index in [1.54, 1.807) is 7.11 Å². The molecule has 1 N–H and O–H groups in total. The molecule has 96 valence electrons. The van der Waals surface area contributed by atoms with Gasteiger partial charge in [-0.3, -0.25) is 4.79 Å². The van der Waals surface area contributed by atoms with Crippen LogP contribution in [0.4, 0.5) is 0 Å². The minimum atomic E-state index is 0.0196. The molecule has 0 spiro atoms. The van der Waals surface area contributed by atoms with Crippen molar-refractivity contribution in [3.8, 4) is 0 Å². The quantitative estimate of drug-likeness (QED) is 0.747. The van der Waals surface area contributed by atoms with E-state index in [9.17, 15) is 4.79 Å². The summed E-state index contributed by atoms with van der Waals surface area (Å²) < 4.78 is 5.11. The lowest BCUT2D eigenvalue weighted by molar-refractivity contribution is -0.132. The van der Waals surface area contributed by atoms with E-state index in [1.807, 2.05) is 16.7 Å². The summed E-state index contributed by atoms with van der Waals surface area (Å²) in [6.07, 6.45) is 3.07. The van der Waals surface area contributed by atoms with E-state index in [1.165, 1.54) is 5.57 Å². The minimum Gasteiger partial charge on any atom is -0.380 e. The van der Waals surface area contributed by atoms with Gasteiger partial charge in [-0.05, 0) is 12.0 Å². The van der Waals surface area contributed by atoms with Crippen LogP contribution < -0.4 is 5.32 Å². The van der Waals surface area contributed by atoms with Gasteiger partial charge in [0.05, 0.1) is 12.6 Å². The van der Waals surface area contributed by atoms with Crippen LogP contribution in [0.5, 0.6) is 0 Å². The maximum absolute atomic E-state index is 12.2. The van der Waals surface area contributed by atoms with E-state index in [-0.39, 0.29) is 11.9 Å². The number of hydrogen-bond donors (Lipinski definition) is 1. The molecule has 2 aliphatic rings. The van der Waals surface area contributed by atoms with Crippen molar-refractivity contribution in [3.05, 3.63) is 11.6 Å². The molecular weight excluding hydrogens is 236 g/mol. The third-order valence-electron chi connectivity index (χ3n) is 3.16. The van der Waals surface area contributed by atoms with Gasteiger partial charge in [-0.1, -0.05) is 6.08 Å². The molecular formula is C12H20N2O2S. The first-order valence-corrected chi connectivity index (χ1v) is 7.23. The average molecular weight is 256 g/mol. The number of nitrogens with one attached hydrogen (secondary N) is 1. The number of thioether (sulfide) groups is 1. The summed E-state index contributed by atoms with van der Waals surface area (Å²) in [4.78, 5) is 14.2. The predicted molar refractivity (Wildman–Crippen MR) is 70.3 cm³/mol. The third kappa shape index (κ3) is 3.47. The molecule has 1 saturated heterocycles. The van der Waals surface area contributed by atoms with Crippen LogP contribution >= 0.6 is 11.8 Å². The average Bonchev–Trinajstić information content (AvgIpc) is 2.40. The van der Waals surface area contributed by atoms with Gasteiger partial charge in [0.1, 0.15) is 0 Å². The number of carbonyl (C=O) groups excluding carboxylic acids is 1. The van der Waals surface area contributed by atoms with Gasteiger partial charge >= 0.3 is 0 Å². The first-order valence-electron chi connectivity index (χ1n) is 6.08. The standard InChI is InChI=1S/C12H20N2O2S/c1-16-8-10-2-5-14(6-3-10)12(15)11-9-17-7-4-13-11/h2,11,13H,3-9H2,1H3. The third-order valence-corrected chi connectivity index (χ3v) is 4.23. The zero-order chi connectivity index (χ0) is 12.1. The lowest BCUT2D eigenvalue weighted by Gasteiger charge is -2.31. The summed E-state index contributed by atoms with van der Waals surface area (Å²) in [5.74, 6) is 2.27. The van der Waals surface area contributed by atoms with E-state index >= 15 is 0 Å². The van der Waals surface area contributed by atoms with Gasteiger partial charge in [0.2, 0.25) is 5.91 Å². The summed E-state index contributed by atoms with van der Waals surface area (Å²) in [7, 11) is 1.71. The summed E-state index contributed by atoms with van der Waals surface area (Å²) in [5.41, 5.74) is 1.31. The van der Waals surface area contributed by atoms with Crippen molar-refractivity contribution in [1.82, 2.24) is 10.2 Å². The normalized spacial score (nSPS) is 25.6. The summed E-state index contributed by atoms with van der Waals surface area (Å²) in [6, 6.07) is 0.0196. The molecule has 0 aliphatic carbocycles. The Morgan fingerprint density at radius 3 is 3.18 bits per heavy atom. The van der Waals surface area contributed by atoms with Crippen molar-refractivity contribution in [2.24, 2.45) is 0 Å². The van der Waals surface area contributed by atoms with E-state index < -0.39 is 0 Å². The minimum absolute atomic E-state index is 0.0196. The molecule has 2 rings (SSSR count). The van der Waals surface area contributed by atoms with E-state index in [2.05, 4.69) is 11.4 Å². The van der Waals surface area contributed by atoms with Gasteiger partial charge in [0, 0.05) is 38.2 Å². The van der Waals surface area contributed by atoms with Crippen molar-refractivity contribution in [2.45, 2.75) is 12.5 Å². The molecule has 1 atom stereocenters. The maximum atomic E-state index is 12.2. The van der Waals surface area contributed by atoms with Crippen LogP contribution in [0, 0.1) is 0 Å². The summed E-state index contributed by atoms with van der Waals surface area (Å²) in [5, 5.41) is 3.30. The fraction of sp³-hybridized carbons (Fsp3) is 0.750. The largest absolute Gasteiger partial charge is 0.380 e. The lowest BCUT2D eigenvalue weighted by Crippen LogP contribution is -2.51. The molecule has 1 unspecified atom stereocenters. The van der Waals surface area contributed by atoms with Crippen molar-refractivity contribution < 1.29 is 9.53 Å². The molecule has 1 fully saturated rings. The molecule has 0 aromatic rings. The number of amides is 1. The second-order valence-corrected chi connectivity index (χ2v) is 5.56. The zero-order valence-corrected chi connectivity index (χ0v) is 11.1. The number of nitrogens with zero attached hydrogens (tertiary/aromatic N) is 1. The van der Waals surface area contributed by atoms with Crippen LogP contribution in [-0.4, -0.2) is 61.7 Å². The number of methoxy groups -OCH3 is 1. The van der Waals surface area contributed by atoms with Crippen LogP contribution in [0.3, 0.4) is 0 Å². The van der Waals surface area contributed by atoms with E-state index in [0.717, 1.165) is 37.6 Å². The number of carbonyl (C=O) groups is 1. The predicted octanol–water partition coefficient (Wildman–Crippen LogP) is 0.496. The lowest BCUT2D eigenvalue weighted by atomic mass is 10.1. The van der Waals surface area contributed by atoms with Crippen molar-refractivity contribution in [2.75, 3.05) is 44.9 Å². The Kier molecular flexibility index (Phi) is 4.88. The van der Waals surface area contributed by atoms with Crippen LogP contribution in [-0.2, 0) is 9.53 Å². The molecule has 2 heterocycles. The number of rotatable bonds is 3. The van der Waals surface area contributed by atoms with Gasteiger partial charge in [-0.2, -0.15) is 11.8 Å². The Morgan fingerprint density at radius 1 is 1.71 bits per heavy atom. The highest BCUT2D eigenvalue weighted by Crippen LogP contribution is 2.15. The molecule has 5 heteroatoms. The molecule has 0 aromatic heterocycles. The smallest absolute Gasteiger partial charge is 0.240 e. The molecule has 0 bridgehead atoms. The first kappa shape index (κ1) is 12.9. The van der Waals surface area contributed by atoms with Gasteiger partial charge in [-0.25, -0.2) is 0 Å². The molecule has 0 aromatic carbocycles. The Balaban J connectivity index is 1.85. The molecule has 4 nitrogen and oxygen atoms in total. The number of ether oxygens (including phenoxy) is 1. The fourth-order valence-corrected chi connectivity index (χ4v) is 3.10. The SMILES string of the molecule is COCC1=CCN(C(=O)C2CSCCN2)CC1. The second kappa shape index (κ2) is 6.42. The van der Waals surface area contributed by atoms with Gasteiger partial charge in [-0.15, -0.1) is 0 Å².